The van der Waals surface area contributed by atoms with Gasteiger partial charge in [0.2, 0.25) is 0 Å². The van der Waals surface area contributed by atoms with Crippen LogP contribution in [0.15, 0.2) is 42.6 Å². The Kier molecular flexibility index (Phi) is 5.77. The molecule has 0 aliphatic rings. The zero-order valence-corrected chi connectivity index (χ0v) is 12.8. The molecular formula is C17H20N2O3. The SMILES string of the molecule is CCOc1ccc(C(=O)NCc2ccccn2)c(OCC)c1. The second kappa shape index (κ2) is 8.02. The number of nitrogens with one attached hydrogen (secondary N) is 1. The quantitative estimate of drug-likeness (QED) is 0.854. The van der Waals surface area contributed by atoms with E-state index in [1.54, 1.807) is 24.4 Å². The number of pyridine rings is 1. The molecule has 0 spiro atoms. The van der Waals surface area contributed by atoms with Crippen molar-refractivity contribution < 1.29 is 14.3 Å². The Morgan fingerprint density at radius 2 is 1.95 bits per heavy atom. The van der Waals surface area contributed by atoms with Gasteiger partial charge in [0.25, 0.3) is 5.91 Å². The molecule has 1 heterocycles. The Labute approximate surface area is 130 Å². The van der Waals surface area contributed by atoms with Gasteiger partial charge in [-0.1, -0.05) is 6.07 Å². The molecule has 0 fully saturated rings. The van der Waals surface area contributed by atoms with Crippen LogP contribution in [0.25, 0.3) is 0 Å². The summed E-state index contributed by atoms with van der Waals surface area (Å²) in [6, 6.07) is 10.8. The van der Waals surface area contributed by atoms with E-state index in [0.29, 0.717) is 36.8 Å². The highest BCUT2D eigenvalue weighted by atomic mass is 16.5. The summed E-state index contributed by atoms with van der Waals surface area (Å²) in [5.74, 6) is 1.01. The molecule has 5 nitrogen and oxygen atoms in total. The number of carbonyl (C=O) groups is 1. The molecule has 0 atom stereocenters. The number of hydrogen-bond acceptors (Lipinski definition) is 4. The summed E-state index contributed by atoms with van der Waals surface area (Å²) >= 11 is 0. The van der Waals surface area contributed by atoms with Crippen LogP contribution in [0.2, 0.25) is 0 Å². The molecule has 0 saturated carbocycles. The third kappa shape index (κ3) is 4.22. The summed E-state index contributed by atoms with van der Waals surface area (Å²) in [7, 11) is 0. The maximum atomic E-state index is 12.3. The zero-order valence-electron chi connectivity index (χ0n) is 12.8. The summed E-state index contributed by atoms with van der Waals surface area (Å²) in [5.41, 5.74) is 1.29. The Balaban J connectivity index is 2.10. The minimum absolute atomic E-state index is 0.197. The normalized spacial score (nSPS) is 10.1. The van der Waals surface area contributed by atoms with Crippen molar-refractivity contribution in [2.24, 2.45) is 0 Å². The van der Waals surface area contributed by atoms with Crippen LogP contribution in [0.4, 0.5) is 0 Å². The van der Waals surface area contributed by atoms with Crippen molar-refractivity contribution in [2.75, 3.05) is 13.2 Å². The van der Waals surface area contributed by atoms with Crippen molar-refractivity contribution in [2.45, 2.75) is 20.4 Å². The van der Waals surface area contributed by atoms with Gasteiger partial charge < -0.3 is 14.8 Å². The number of carbonyl (C=O) groups excluding carboxylic acids is 1. The van der Waals surface area contributed by atoms with E-state index in [1.807, 2.05) is 32.0 Å². The molecule has 0 aliphatic carbocycles. The van der Waals surface area contributed by atoms with Gasteiger partial charge in [-0.25, -0.2) is 0 Å². The molecule has 2 aromatic rings. The summed E-state index contributed by atoms with van der Waals surface area (Å²) in [4.78, 5) is 16.5. The van der Waals surface area contributed by atoms with Crippen molar-refractivity contribution in [3.05, 3.63) is 53.9 Å². The molecule has 22 heavy (non-hydrogen) atoms. The summed E-state index contributed by atoms with van der Waals surface area (Å²) < 4.78 is 11.0. The van der Waals surface area contributed by atoms with Gasteiger partial charge in [0, 0.05) is 12.3 Å². The van der Waals surface area contributed by atoms with Gasteiger partial charge in [0.1, 0.15) is 11.5 Å². The lowest BCUT2D eigenvalue weighted by atomic mass is 10.1. The molecule has 1 aromatic heterocycles. The van der Waals surface area contributed by atoms with Crippen molar-refractivity contribution >= 4 is 5.91 Å². The third-order valence-corrected chi connectivity index (χ3v) is 2.96. The lowest BCUT2D eigenvalue weighted by molar-refractivity contribution is 0.0946. The number of nitrogens with zero attached hydrogens (tertiary/aromatic N) is 1. The van der Waals surface area contributed by atoms with E-state index in [9.17, 15) is 4.79 Å². The fourth-order valence-electron chi connectivity index (χ4n) is 1.99. The van der Waals surface area contributed by atoms with Crippen LogP contribution >= 0.6 is 0 Å². The lowest BCUT2D eigenvalue weighted by Crippen LogP contribution is -2.24. The van der Waals surface area contributed by atoms with Gasteiger partial charge >= 0.3 is 0 Å². The van der Waals surface area contributed by atoms with Gasteiger partial charge in [-0.3, -0.25) is 9.78 Å². The molecule has 1 N–H and O–H groups in total. The molecule has 0 aliphatic heterocycles. The van der Waals surface area contributed by atoms with E-state index in [0.717, 1.165) is 5.69 Å². The highest BCUT2D eigenvalue weighted by Gasteiger charge is 2.13. The first-order chi connectivity index (χ1) is 10.7. The Morgan fingerprint density at radius 1 is 1.14 bits per heavy atom. The highest BCUT2D eigenvalue weighted by Crippen LogP contribution is 2.25. The number of rotatable bonds is 7. The standard InChI is InChI=1S/C17H20N2O3/c1-3-21-14-8-9-15(16(11-14)22-4-2)17(20)19-12-13-7-5-6-10-18-13/h5-11H,3-4,12H2,1-2H3,(H,19,20). The van der Waals surface area contributed by atoms with Crippen LogP contribution in [0.3, 0.4) is 0 Å². The molecular weight excluding hydrogens is 280 g/mol. The molecule has 0 radical (unpaired) electrons. The molecule has 1 aromatic carbocycles. The fourth-order valence-corrected chi connectivity index (χ4v) is 1.99. The third-order valence-electron chi connectivity index (χ3n) is 2.96. The Bertz CT molecular complexity index is 615. The van der Waals surface area contributed by atoms with Crippen LogP contribution in [0, 0.1) is 0 Å². The number of amides is 1. The van der Waals surface area contributed by atoms with Crippen LogP contribution in [0.5, 0.6) is 11.5 Å². The zero-order chi connectivity index (χ0) is 15.8. The van der Waals surface area contributed by atoms with Crippen molar-refractivity contribution in [1.29, 1.82) is 0 Å². The summed E-state index contributed by atoms with van der Waals surface area (Å²) in [6.45, 7) is 5.21. The average Bonchev–Trinajstić information content (AvgIpc) is 2.54. The monoisotopic (exact) mass is 300 g/mol. The highest BCUT2D eigenvalue weighted by molar-refractivity contribution is 5.97. The first-order valence-electron chi connectivity index (χ1n) is 7.32. The number of aromatic nitrogens is 1. The van der Waals surface area contributed by atoms with E-state index in [4.69, 9.17) is 9.47 Å². The Morgan fingerprint density at radius 3 is 2.64 bits per heavy atom. The van der Waals surface area contributed by atoms with E-state index in [1.165, 1.54) is 0 Å². The minimum atomic E-state index is -0.197. The molecule has 2 rings (SSSR count). The van der Waals surface area contributed by atoms with Gasteiger partial charge in [0.15, 0.2) is 0 Å². The maximum Gasteiger partial charge on any atom is 0.255 e. The first-order valence-corrected chi connectivity index (χ1v) is 7.32. The van der Waals surface area contributed by atoms with Gasteiger partial charge in [0.05, 0.1) is 31.0 Å². The Hall–Kier alpha value is -2.56. The first kappa shape index (κ1) is 15.8. The molecule has 5 heteroatoms. The van der Waals surface area contributed by atoms with Crippen molar-refractivity contribution in [1.82, 2.24) is 10.3 Å². The average molecular weight is 300 g/mol. The molecule has 1 amide bonds. The van der Waals surface area contributed by atoms with E-state index < -0.39 is 0 Å². The van der Waals surface area contributed by atoms with Crippen LogP contribution in [-0.2, 0) is 6.54 Å². The lowest BCUT2D eigenvalue weighted by Gasteiger charge is -2.12. The van der Waals surface area contributed by atoms with Gasteiger partial charge in [-0.05, 0) is 38.1 Å². The number of benzene rings is 1. The summed E-state index contributed by atoms with van der Waals surface area (Å²) in [6.07, 6.45) is 1.70. The number of hydrogen-bond donors (Lipinski definition) is 1. The molecule has 116 valence electrons. The topological polar surface area (TPSA) is 60.5 Å². The predicted octanol–water partition coefficient (Wildman–Crippen LogP) is 2.81. The van der Waals surface area contributed by atoms with Gasteiger partial charge in [-0.15, -0.1) is 0 Å². The predicted molar refractivity (Wildman–Crippen MR) is 84.2 cm³/mol. The number of ether oxygens (including phenoxy) is 2. The minimum Gasteiger partial charge on any atom is -0.494 e. The molecule has 0 saturated heterocycles. The van der Waals surface area contributed by atoms with Crippen molar-refractivity contribution in [3.8, 4) is 11.5 Å². The second-order valence-electron chi connectivity index (χ2n) is 4.53. The van der Waals surface area contributed by atoms with Gasteiger partial charge in [-0.2, -0.15) is 0 Å². The van der Waals surface area contributed by atoms with Crippen LogP contribution < -0.4 is 14.8 Å². The van der Waals surface area contributed by atoms with Crippen LogP contribution in [0.1, 0.15) is 29.9 Å². The molecule has 0 bridgehead atoms. The fraction of sp³-hybridized carbons (Fsp3) is 0.294. The maximum absolute atomic E-state index is 12.3. The van der Waals surface area contributed by atoms with E-state index >= 15 is 0 Å². The van der Waals surface area contributed by atoms with Crippen LogP contribution in [-0.4, -0.2) is 24.1 Å². The largest absolute Gasteiger partial charge is 0.494 e. The van der Waals surface area contributed by atoms with E-state index in [-0.39, 0.29) is 5.91 Å². The van der Waals surface area contributed by atoms with Crippen molar-refractivity contribution in [3.63, 3.8) is 0 Å². The summed E-state index contributed by atoms with van der Waals surface area (Å²) in [5, 5.41) is 2.84. The second-order valence-corrected chi connectivity index (χ2v) is 4.53. The molecule has 0 unspecified atom stereocenters. The van der Waals surface area contributed by atoms with E-state index in [2.05, 4.69) is 10.3 Å². The smallest absolute Gasteiger partial charge is 0.255 e.